The van der Waals surface area contributed by atoms with Gasteiger partial charge in [-0.1, -0.05) is 18.6 Å². The van der Waals surface area contributed by atoms with Gasteiger partial charge in [0.05, 0.1) is 11.6 Å². The van der Waals surface area contributed by atoms with Gasteiger partial charge in [0.2, 0.25) is 5.91 Å². The highest BCUT2D eigenvalue weighted by Gasteiger charge is 2.16. The molecule has 0 aromatic heterocycles. The van der Waals surface area contributed by atoms with Gasteiger partial charge in [0, 0.05) is 26.1 Å². The van der Waals surface area contributed by atoms with Crippen LogP contribution in [0.3, 0.4) is 0 Å². The lowest BCUT2D eigenvalue weighted by molar-refractivity contribution is -0.130. The number of rotatable bonds is 5. The molecule has 1 aliphatic rings. The zero-order valence-electron chi connectivity index (χ0n) is 12.6. The molecule has 0 aliphatic carbocycles. The molecule has 2 rings (SSSR count). The molecule has 1 aliphatic heterocycles. The summed E-state index contributed by atoms with van der Waals surface area (Å²) in [5, 5.41) is 12.2. The van der Waals surface area contributed by atoms with E-state index in [0.717, 1.165) is 18.5 Å². The largest absolute Gasteiger partial charge is 0.341 e. The highest BCUT2D eigenvalue weighted by atomic mass is 16.2. The Balaban J connectivity index is 1.77. The Morgan fingerprint density at radius 2 is 2.14 bits per heavy atom. The van der Waals surface area contributed by atoms with E-state index < -0.39 is 0 Å². The van der Waals surface area contributed by atoms with Crippen molar-refractivity contribution in [2.24, 2.45) is 0 Å². The van der Waals surface area contributed by atoms with Crippen molar-refractivity contribution in [1.29, 1.82) is 5.26 Å². The molecule has 1 aromatic carbocycles. The molecule has 21 heavy (non-hydrogen) atoms. The molecule has 0 saturated carbocycles. The van der Waals surface area contributed by atoms with Crippen LogP contribution in [-0.2, 0) is 11.3 Å². The summed E-state index contributed by atoms with van der Waals surface area (Å²) in [7, 11) is 1.84. The van der Waals surface area contributed by atoms with Crippen molar-refractivity contribution in [2.75, 3.05) is 13.6 Å². The third kappa shape index (κ3) is 4.87. The van der Waals surface area contributed by atoms with Crippen LogP contribution in [0.1, 0.15) is 43.2 Å². The van der Waals surface area contributed by atoms with Crippen LogP contribution in [0.2, 0.25) is 0 Å². The quantitative estimate of drug-likeness (QED) is 0.904. The van der Waals surface area contributed by atoms with E-state index in [0.29, 0.717) is 24.6 Å². The Kier molecular flexibility index (Phi) is 5.77. The third-order valence-corrected chi connectivity index (χ3v) is 4.05. The summed E-state index contributed by atoms with van der Waals surface area (Å²) >= 11 is 0. The van der Waals surface area contributed by atoms with Crippen molar-refractivity contribution < 1.29 is 4.79 Å². The van der Waals surface area contributed by atoms with E-state index in [1.165, 1.54) is 19.3 Å². The van der Waals surface area contributed by atoms with Gasteiger partial charge in [0.25, 0.3) is 0 Å². The smallest absolute Gasteiger partial charge is 0.222 e. The van der Waals surface area contributed by atoms with E-state index in [4.69, 9.17) is 5.26 Å². The van der Waals surface area contributed by atoms with Gasteiger partial charge in [0.15, 0.2) is 0 Å². The van der Waals surface area contributed by atoms with Gasteiger partial charge in [-0.05, 0) is 43.5 Å². The zero-order valence-corrected chi connectivity index (χ0v) is 12.6. The van der Waals surface area contributed by atoms with Crippen LogP contribution >= 0.6 is 0 Å². The number of hydrogen-bond acceptors (Lipinski definition) is 3. The maximum absolute atomic E-state index is 12.2. The van der Waals surface area contributed by atoms with Crippen molar-refractivity contribution in [3.05, 3.63) is 35.4 Å². The van der Waals surface area contributed by atoms with Crippen LogP contribution in [-0.4, -0.2) is 30.4 Å². The Morgan fingerprint density at radius 1 is 1.38 bits per heavy atom. The fourth-order valence-electron chi connectivity index (χ4n) is 2.71. The number of carbonyl (C=O) groups is 1. The van der Waals surface area contributed by atoms with Crippen molar-refractivity contribution >= 4 is 5.91 Å². The molecule has 1 saturated heterocycles. The Labute approximate surface area is 126 Å². The second-order valence-corrected chi connectivity index (χ2v) is 5.74. The first-order valence-corrected chi connectivity index (χ1v) is 7.65. The summed E-state index contributed by atoms with van der Waals surface area (Å²) in [6.07, 6.45) is 5.24. The fourth-order valence-corrected chi connectivity index (χ4v) is 2.71. The summed E-state index contributed by atoms with van der Waals surface area (Å²) in [6.45, 7) is 1.68. The second kappa shape index (κ2) is 7.80. The van der Waals surface area contributed by atoms with Gasteiger partial charge < -0.3 is 10.2 Å². The molecule has 0 bridgehead atoms. The SMILES string of the molecule is CN(Cc1ccc(C#N)cc1)C(=O)CCC1CCCCN1. The normalized spacial score (nSPS) is 18.0. The number of nitrogens with one attached hydrogen (secondary N) is 1. The summed E-state index contributed by atoms with van der Waals surface area (Å²) < 4.78 is 0. The van der Waals surface area contributed by atoms with E-state index in [2.05, 4.69) is 11.4 Å². The molecular weight excluding hydrogens is 262 g/mol. The van der Waals surface area contributed by atoms with E-state index >= 15 is 0 Å². The molecule has 0 radical (unpaired) electrons. The highest BCUT2D eigenvalue weighted by Crippen LogP contribution is 2.13. The molecule has 1 amide bonds. The Bertz CT molecular complexity index is 498. The van der Waals surface area contributed by atoms with Gasteiger partial charge >= 0.3 is 0 Å². The molecule has 112 valence electrons. The minimum absolute atomic E-state index is 0.187. The summed E-state index contributed by atoms with van der Waals surface area (Å²) in [5.41, 5.74) is 1.71. The van der Waals surface area contributed by atoms with Crippen molar-refractivity contribution in [1.82, 2.24) is 10.2 Å². The number of piperidine rings is 1. The molecule has 1 unspecified atom stereocenters. The molecule has 1 heterocycles. The lowest BCUT2D eigenvalue weighted by Gasteiger charge is -2.24. The van der Waals surface area contributed by atoms with Crippen molar-refractivity contribution in [3.8, 4) is 6.07 Å². The predicted molar refractivity (Wildman–Crippen MR) is 82.5 cm³/mol. The van der Waals surface area contributed by atoms with E-state index in [1.807, 2.05) is 19.2 Å². The molecule has 1 N–H and O–H groups in total. The predicted octanol–water partition coefficient (Wildman–Crippen LogP) is 2.44. The third-order valence-electron chi connectivity index (χ3n) is 4.05. The van der Waals surface area contributed by atoms with Gasteiger partial charge in [-0.25, -0.2) is 0 Å². The maximum Gasteiger partial charge on any atom is 0.222 e. The molecule has 4 nitrogen and oxygen atoms in total. The lowest BCUT2D eigenvalue weighted by Crippen LogP contribution is -2.35. The molecule has 4 heteroatoms. The molecular formula is C17H23N3O. The summed E-state index contributed by atoms with van der Waals surface area (Å²) in [5.74, 6) is 0.187. The maximum atomic E-state index is 12.2. The van der Waals surface area contributed by atoms with Gasteiger partial charge in [0.1, 0.15) is 0 Å². The Morgan fingerprint density at radius 3 is 2.76 bits per heavy atom. The zero-order chi connectivity index (χ0) is 15.1. The highest BCUT2D eigenvalue weighted by molar-refractivity contribution is 5.75. The van der Waals surface area contributed by atoms with Crippen molar-refractivity contribution in [2.45, 2.75) is 44.7 Å². The average Bonchev–Trinajstić information content (AvgIpc) is 2.54. The topological polar surface area (TPSA) is 56.1 Å². The van der Waals surface area contributed by atoms with Crippen LogP contribution < -0.4 is 5.32 Å². The number of amides is 1. The monoisotopic (exact) mass is 285 g/mol. The van der Waals surface area contributed by atoms with E-state index in [-0.39, 0.29) is 5.91 Å². The first kappa shape index (κ1) is 15.5. The molecule has 1 aromatic rings. The number of hydrogen-bond donors (Lipinski definition) is 1. The number of nitriles is 1. The van der Waals surface area contributed by atoms with Crippen LogP contribution in [0.4, 0.5) is 0 Å². The van der Waals surface area contributed by atoms with Crippen LogP contribution in [0.15, 0.2) is 24.3 Å². The van der Waals surface area contributed by atoms with Crippen LogP contribution in [0.5, 0.6) is 0 Å². The number of benzene rings is 1. The summed E-state index contributed by atoms with van der Waals surface area (Å²) in [4.78, 5) is 13.9. The second-order valence-electron chi connectivity index (χ2n) is 5.74. The molecule has 0 spiro atoms. The number of nitrogens with zero attached hydrogens (tertiary/aromatic N) is 2. The molecule has 1 fully saturated rings. The molecule has 1 atom stereocenters. The van der Waals surface area contributed by atoms with Crippen LogP contribution in [0.25, 0.3) is 0 Å². The first-order chi connectivity index (χ1) is 10.2. The summed E-state index contributed by atoms with van der Waals surface area (Å²) in [6, 6.07) is 10.0. The Hall–Kier alpha value is -1.86. The van der Waals surface area contributed by atoms with Crippen LogP contribution in [0, 0.1) is 11.3 Å². The average molecular weight is 285 g/mol. The van der Waals surface area contributed by atoms with Crippen molar-refractivity contribution in [3.63, 3.8) is 0 Å². The minimum atomic E-state index is 0.187. The van der Waals surface area contributed by atoms with Gasteiger partial charge in [-0.3, -0.25) is 4.79 Å². The van der Waals surface area contributed by atoms with E-state index in [9.17, 15) is 4.79 Å². The van der Waals surface area contributed by atoms with Gasteiger partial charge in [-0.15, -0.1) is 0 Å². The fraction of sp³-hybridized carbons (Fsp3) is 0.529. The standard InChI is InChI=1S/C17H23N3O/c1-20(13-15-7-5-14(12-18)6-8-15)17(21)10-9-16-4-2-3-11-19-16/h5-8,16,19H,2-4,9-11,13H2,1H3. The number of carbonyl (C=O) groups excluding carboxylic acids is 1. The minimum Gasteiger partial charge on any atom is -0.341 e. The lowest BCUT2D eigenvalue weighted by atomic mass is 10.0. The van der Waals surface area contributed by atoms with E-state index in [1.54, 1.807) is 17.0 Å². The first-order valence-electron chi connectivity index (χ1n) is 7.65. The van der Waals surface area contributed by atoms with Gasteiger partial charge in [-0.2, -0.15) is 5.26 Å².